The van der Waals surface area contributed by atoms with Crippen LogP contribution in [0.5, 0.6) is 0 Å². The molecule has 82 valence electrons. The fraction of sp³-hybridized carbons (Fsp3) is 0.417. The summed E-state index contributed by atoms with van der Waals surface area (Å²) in [6, 6.07) is 8.15. The van der Waals surface area contributed by atoms with Gasteiger partial charge in [0, 0.05) is 6.42 Å². The van der Waals surface area contributed by atoms with Crippen molar-refractivity contribution in [1.29, 1.82) is 0 Å². The smallest absolute Gasteiger partial charge is 0.221 e. The molecule has 3 heteroatoms. The van der Waals surface area contributed by atoms with E-state index in [4.69, 9.17) is 0 Å². The van der Waals surface area contributed by atoms with Crippen molar-refractivity contribution < 1.29 is 4.79 Å². The molecule has 15 heavy (non-hydrogen) atoms. The number of hydrogen-bond acceptors (Lipinski definition) is 2. The summed E-state index contributed by atoms with van der Waals surface area (Å²) in [5.74, 6) is 0.646. The van der Waals surface area contributed by atoms with Crippen LogP contribution in [0.2, 0.25) is 0 Å². The Labute approximate surface area is 96.5 Å². The maximum Gasteiger partial charge on any atom is 0.221 e. The number of thiol groups is 1. The molecule has 1 aromatic carbocycles. The number of aryl methyl sites for hydroxylation is 1. The van der Waals surface area contributed by atoms with Crippen LogP contribution in [0.25, 0.3) is 0 Å². The third-order valence-corrected chi connectivity index (χ3v) is 2.59. The second-order valence-corrected chi connectivity index (χ2v) is 4.07. The van der Waals surface area contributed by atoms with Gasteiger partial charge in [0.25, 0.3) is 0 Å². The Kier molecular flexibility index (Phi) is 4.69. The molecule has 1 atom stereocenters. The van der Waals surface area contributed by atoms with Gasteiger partial charge < -0.3 is 5.32 Å². The molecule has 0 radical (unpaired) electrons. The van der Waals surface area contributed by atoms with Crippen LogP contribution in [0, 0.1) is 6.92 Å². The number of hydrogen-bond donors (Lipinski definition) is 2. The first-order valence-electron chi connectivity index (χ1n) is 5.11. The minimum Gasteiger partial charge on any atom is -0.350 e. The predicted molar refractivity (Wildman–Crippen MR) is 66.2 cm³/mol. The normalized spacial score (nSPS) is 12.2. The van der Waals surface area contributed by atoms with Crippen molar-refractivity contribution in [2.24, 2.45) is 0 Å². The van der Waals surface area contributed by atoms with E-state index in [1.807, 2.05) is 25.1 Å². The highest BCUT2D eigenvalue weighted by Crippen LogP contribution is 2.16. The van der Waals surface area contributed by atoms with Gasteiger partial charge in [-0.3, -0.25) is 4.79 Å². The van der Waals surface area contributed by atoms with E-state index in [2.05, 4.69) is 30.9 Å². The van der Waals surface area contributed by atoms with Gasteiger partial charge in [-0.2, -0.15) is 12.6 Å². The minimum atomic E-state index is 0.0563. The van der Waals surface area contributed by atoms with E-state index < -0.39 is 0 Å². The summed E-state index contributed by atoms with van der Waals surface area (Å²) in [7, 11) is 0. The first-order chi connectivity index (χ1) is 7.15. The van der Waals surface area contributed by atoms with Crippen LogP contribution >= 0.6 is 12.6 Å². The molecule has 0 aliphatic rings. The van der Waals surface area contributed by atoms with E-state index in [-0.39, 0.29) is 11.9 Å². The molecule has 0 fully saturated rings. The van der Waals surface area contributed by atoms with Gasteiger partial charge in [-0.15, -0.1) is 0 Å². The van der Waals surface area contributed by atoms with E-state index in [1.165, 1.54) is 11.1 Å². The average Bonchev–Trinajstić information content (AvgIpc) is 2.18. The van der Waals surface area contributed by atoms with Gasteiger partial charge in [0.05, 0.1) is 6.04 Å². The molecule has 1 N–H and O–H groups in total. The minimum absolute atomic E-state index is 0.0563. The largest absolute Gasteiger partial charge is 0.350 e. The van der Waals surface area contributed by atoms with E-state index >= 15 is 0 Å². The van der Waals surface area contributed by atoms with Gasteiger partial charge in [0.1, 0.15) is 0 Å². The molecule has 0 bridgehead atoms. The maximum absolute atomic E-state index is 11.4. The summed E-state index contributed by atoms with van der Waals surface area (Å²) >= 11 is 4.03. The van der Waals surface area contributed by atoms with E-state index in [9.17, 15) is 4.79 Å². The number of rotatable bonds is 4. The van der Waals surface area contributed by atoms with Crippen molar-refractivity contribution in [3.8, 4) is 0 Å². The zero-order chi connectivity index (χ0) is 11.3. The van der Waals surface area contributed by atoms with Gasteiger partial charge in [-0.25, -0.2) is 0 Å². The van der Waals surface area contributed by atoms with E-state index in [1.54, 1.807) is 0 Å². The third kappa shape index (κ3) is 3.59. The third-order valence-electron chi connectivity index (χ3n) is 2.37. The number of nitrogens with one attached hydrogen (secondary N) is 1. The van der Waals surface area contributed by atoms with Crippen molar-refractivity contribution in [3.05, 3.63) is 35.4 Å². The zero-order valence-corrected chi connectivity index (χ0v) is 10.1. The lowest BCUT2D eigenvalue weighted by Crippen LogP contribution is -2.27. The predicted octanol–water partition coefficient (Wildman–Crippen LogP) is 2.49. The monoisotopic (exact) mass is 223 g/mol. The van der Waals surface area contributed by atoms with Crippen molar-refractivity contribution in [1.82, 2.24) is 5.32 Å². The number of carbonyl (C=O) groups excluding carboxylic acids is 1. The standard InChI is InChI=1S/C12H17NOS/c1-9-5-3-4-6-11(9)10(2)13-12(14)7-8-15/h3-6,10,15H,7-8H2,1-2H3,(H,13,14). The zero-order valence-electron chi connectivity index (χ0n) is 9.16. The van der Waals surface area contributed by atoms with E-state index in [0.29, 0.717) is 12.2 Å². The summed E-state index contributed by atoms with van der Waals surface area (Å²) in [5, 5.41) is 2.95. The second kappa shape index (κ2) is 5.81. The average molecular weight is 223 g/mol. The molecule has 0 aliphatic carbocycles. The molecule has 0 aliphatic heterocycles. The van der Waals surface area contributed by atoms with Crippen LogP contribution in [0.1, 0.15) is 30.5 Å². The van der Waals surface area contributed by atoms with Gasteiger partial charge >= 0.3 is 0 Å². The van der Waals surface area contributed by atoms with Gasteiger partial charge in [0.2, 0.25) is 5.91 Å². The van der Waals surface area contributed by atoms with Gasteiger partial charge in [-0.1, -0.05) is 24.3 Å². The molecule has 1 unspecified atom stereocenters. The summed E-state index contributed by atoms with van der Waals surface area (Å²) in [5.41, 5.74) is 2.38. The Bertz CT molecular complexity index is 338. The summed E-state index contributed by atoms with van der Waals surface area (Å²) in [6.45, 7) is 4.05. The number of benzene rings is 1. The molecule has 0 saturated heterocycles. The van der Waals surface area contributed by atoms with E-state index in [0.717, 1.165) is 0 Å². The molecule has 1 aromatic rings. The number of carbonyl (C=O) groups is 1. The Morgan fingerprint density at radius 3 is 2.73 bits per heavy atom. The van der Waals surface area contributed by atoms with Crippen molar-refractivity contribution in [2.75, 3.05) is 5.75 Å². The lowest BCUT2D eigenvalue weighted by molar-refractivity contribution is -0.121. The SMILES string of the molecule is Cc1ccccc1C(C)NC(=O)CCS. The molecule has 0 spiro atoms. The van der Waals surface area contributed by atoms with Gasteiger partial charge in [-0.05, 0) is 30.7 Å². The fourth-order valence-electron chi connectivity index (χ4n) is 1.57. The second-order valence-electron chi connectivity index (χ2n) is 3.62. The molecular weight excluding hydrogens is 206 g/mol. The fourth-order valence-corrected chi connectivity index (χ4v) is 1.77. The quantitative estimate of drug-likeness (QED) is 0.754. The highest BCUT2D eigenvalue weighted by molar-refractivity contribution is 7.80. The lowest BCUT2D eigenvalue weighted by Gasteiger charge is -2.16. The Morgan fingerprint density at radius 2 is 2.13 bits per heavy atom. The Hall–Kier alpha value is -0.960. The van der Waals surface area contributed by atoms with Crippen LogP contribution in [0.4, 0.5) is 0 Å². The first kappa shape index (κ1) is 12.1. The Balaban J connectivity index is 2.65. The van der Waals surface area contributed by atoms with Crippen molar-refractivity contribution in [3.63, 3.8) is 0 Å². The van der Waals surface area contributed by atoms with Crippen molar-refractivity contribution in [2.45, 2.75) is 26.3 Å². The Morgan fingerprint density at radius 1 is 1.47 bits per heavy atom. The van der Waals surface area contributed by atoms with Crippen LogP contribution in [-0.2, 0) is 4.79 Å². The van der Waals surface area contributed by atoms with Crippen LogP contribution < -0.4 is 5.32 Å². The van der Waals surface area contributed by atoms with Crippen LogP contribution in [0.3, 0.4) is 0 Å². The van der Waals surface area contributed by atoms with Gasteiger partial charge in [0.15, 0.2) is 0 Å². The molecular formula is C12H17NOS. The van der Waals surface area contributed by atoms with Crippen molar-refractivity contribution >= 4 is 18.5 Å². The number of amides is 1. The van der Waals surface area contributed by atoms with Crippen LogP contribution in [0.15, 0.2) is 24.3 Å². The first-order valence-corrected chi connectivity index (χ1v) is 5.74. The highest BCUT2D eigenvalue weighted by atomic mass is 32.1. The molecule has 0 saturated carbocycles. The molecule has 1 rings (SSSR count). The van der Waals surface area contributed by atoms with Crippen LogP contribution in [-0.4, -0.2) is 11.7 Å². The molecule has 0 aromatic heterocycles. The molecule has 2 nitrogen and oxygen atoms in total. The highest BCUT2D eigenvalue weighted by Gasteiger charge is 2.10. The lowest BCUT2D eigenvalue weighted by atomic mass is 10.0. The summed E-state index contributed by atoms with van der Waals surface area (Å²) in [4.78, 5) is 11.4. The molecule has 0 heterocycles. The summed E-state index contributed by atoms with van der Waals surface area (Å²) < 4.78 is 0. The maximum atomic E-state index is 11.4. The topological polar surface area (TPSA) is 29.1 Å². The molecule has 1 amide bonds. The summed E-state index contributed by atoms with van der Waals surface area (Å²) in [6.07, 6.45) is 0.472.